The summed E-state index contributed by atoms with van der Waals surface area (Å²) in [5, 5.41) is 3.73. The van der Waals surface area contributed by atoms with Gasteiger partial charge in [0.25, 0.3) is 5.91 Å². The van der Waals surface area contributed by atoms with Crippen LogP contribution in [0.15, 0.2) is 84.9 Å². The summed E-state index contributed by atoms with van der Waals surface area (Å²) < 4.78 is 0. The molecule has 1 aliphatic heterocycles. The summed E-state index contributed by atoms with van der Waals surface area (Å²) in [5.74, 6) is 0.228. The number of amides is 1. The van der Waals surface area contributed by atoms with Gasteiger partial charge in [-0.2, -0.15) is 0 Å². The Kier molecular flexibility index (Phi) is 4.44. The molecule has 0 saturated heterocycles. The van der Waals surface area contributed by atoms with Crippen molar-refractivity contribution in [3.8, 4) is 0 Å². The molecule has 4 rings (SSSR count). The van der Waals surface area contributed by atoms with Crippen molar-refractivity contribution >= 4 is 11.6 Å². The van der Waals surface area contributed by atoms with E-state index in [1.165, 1.54) is 0 Å². The van der Waals surface area contributed by atoms with Crippen molar-refractivity contribution in [3.05, 3.63) is 102 Å². The van der Waals surface area contributed by atoms with Crippen LogP contribution in [0.2, 0.25) is 0 Å². The van der Waals surface area contributed by atoms with Crippen molar-refractivity contribution in [2.75, 3.05) is 5.32 Å². The lowest BCUT2D eigenvalue weighted by Gasteiger charge is -2.51. The minimum Gasteiger partial charge on any atom is -0.358 e. The van der Waals surface area contributed by atoms with Gasteiger partial charge >= 0.3 is 0 Å². The topological polar surface area (TPSA) is 32.3 Å². The molecule has 27 heavy (non-hydrogen) atoms. The highest BCUT2D eigenvalue weighted by Crippen LogP contribution is 2.43. The number of anilines is 1. The van der Waals surface area contributed by atoms with Gasteiger partial charge in [-0.1, -0.05) is 86.6 Å². The molecule has 0 aromatic heterocycles. The number of carbonyl (C=O) groups is 1. The minimum atomic E-state index is -0.609. The van der Waals surface area contributed by atoms with Crippen molar-refractivity contribution in [2.24, 2.45) is 5.92 Å². The predicted octanol–water partition coefficient (Wildman–Crippen LogP) is 5.26. The maximum absolute atomic E-state index is 13.6. The predicted molar refractivity (Wildman–Crippen MR) is 109 cm³/mol. The largest absolute Gasteiger partial charge is 0.358 e. The molecule has 0 radical (unpaired) electrons. The molecule has 3 aromatic carbocycles. The highest BCUT2D eigenvalue weighted by atomic mass is 16.2. The molecular weight excluding hydrogens is 332 g/mol. The van der Waals surface area contributed by atoms with Gasteiger partial charge in [0.05, 0.1) is 5.56 Å². The lowest BCUT2D eigenvalue weighted by atomic mass is 9.83. The first-order valence-electron chi connectivity index (χ1n) is 9.41. The van der Waals surface area contributed by atoms with Gasteiger partial charge in [-0.3, -0.25) is 4.79 Å². The van der Waals surface area contributed by atoms with E-state index in [0.717, 1.165) is 22.4 Å². The third-order valence-corrected chi connectivity index (χ3v) is 5.39. The molecule has 3 nitrogen and oxygen atoms in total. The maximum atomic E-state index is 13.6. The summed E-state index contributed by atoms with van der Waals surface area (Å²) in [6.45, 7) is 4.88. The van der Waals surface area contributed by atoms with Gasteiger partial charge in [0.15, 0.2) is 0 Å². The van der Waals surface area contributed by atoms with E-state index in [4.69, 9.17) is 0 Å². The van der Waals surface area contributed by atoms with Gasteiger partial charge in [0.2, 0.25) is 0 Å². The number of fused-ring (bicyclic) bond motifs is 1. The average molecular weight is 356 g/mol. The molecule has 1 amide bonds. The number of benzene rings is 3. The standard InChI is InChI=1S/C24H24N2O/c1-18(2)24(20-13-7-4-8-14-20)25-22-16-10-9-15-21(22)23(27)26(24)17-19-11-5-3-6-12-19/h3-16,18,25H,17H2,1-2H3. The van der Waals surface area contributed by atoms with E-state index in [1.54, 1.807) is 0 Å². The Morgan fingerprint density at radius 1 is 0.852 bits per heavy atom. The Balaban J connectivity index is 1.91. The van der Waals surface area contributed by atoms with Crippen molar-refractivity contribution < 1.29 is 4.79 Å². The zero-order chi connectivity index (χ0) is 18.9. The smallest absolute Gasteiger partial charge is 0.258 e. The molecule has 0 aliphatic carbocycles. The lowest BCUT2D eigenvalue weighted by Crippen LogP contribution is -2.60. The molecule has 0 spiro atoms. The Morgan fingerprint density at radius 2 is 1.44 bits per heavy atom. The molecule has 3 heteroatoms. The highest BCUT2D eigenvalue weighted by molar-refractivity contribution is 6.02. The summed E-state index contributed by atoms with van der Waals surface area (Å²) in [6.07, 6.45) is 0. The second kappa shape index (κ2) is 6.92. The van der Waals surface area contributed by atoms with E-state index < -0.39 is 5.66 Å². The van der Waals surface area contributed by atoms with Crippen LogP contribution in [0.5, 0.6) is 0 Å². The zero-order valence-electron chi connectivity index (χ0n) is 15.7. The molecule has 1 unspecified atom stereocenters. The Labute approximate surface area is 160 Å². The summed E-state index contributed by atoms with van der Waals surface area (Å²) in [6, 6.07) is 28.3. The van der Waals surface area contributed by atoms with Crippen LogP contribution in [-0.4, -0.2) is 10.8 Å². The van der Waals surface area contributed by atoms with Crippen LogP contribution in [0.25, 0.3) is 0 Å². The Hall–Kier alpha value is -3.07. The van der Waals surface area contributed by atoms with Gasteiger partial charge in [0, 0.05) is 12.2 Å². The van der Waals surface area contributed by atoms with E-state index in [-0.39, 0.29) is 11.8 Å². The van der Waals surface area contributed by atoms with Crippen molar-refractivity contribution in [1.82, 2.24) is 4.90 Å². The first-order valence-corrected chi connectivity index (χ1v) is 9.41. The summed E-state index contributed by atoms with van der Waals surface area (Å²) >= 11 is 0. The fourth-order valence-corrected chi connectivity index (χ4v) is 4.03. The zero-order valence-corrected chi connectivity index (χ0v) is 15.7. The number of para-hydroxylation sites is 1. The third kappa shape index (κ3) is 2.89. The van der Waals surface area contributed by atoms with E-state index in [2.05, 4.69) is 43.4 Å². The van der Waals surface area contributed by atoms with Crippen LogP contribution in [-0.2, 0) is 12.2 Å². The highest BCUT2D eigenvalue weighted by Gasteiger charge is 2.48. The minimum absolute atomic E-state index is 0.0609. The van der Waals surface area contributed by atoms with E-state index >= 15 is 0 Å². The average Bonchev–Trinajstić information content (AvgIpc) is 2.71. The fraction of sp³-hybridized carbons (Fsp3) is 0.208. The molecule has 0 saturated carbocycles. The van der Waals surface area contributed by atoms with Crippen LogP contribution in [0, 0.1) is 5.92 Å². The molecule has 0 bridgehead atoms. The number of carbonyl (C=O) groups excluding carboxylic acids is 1. The molecule has 136 valence electrons. The maximum Gasteiger partial charge on any atom is 0.258 e. The van der Waals surface area contributed by atoms with Crippen molar-refractivity contribution in [1.29, 1.82) is 0 Å². The Bertz CT molecular complexity index is 937. The lowest BCUT2D eigenvalue weighted by molar-refractivity contribution is 0.0321. The van der Waals surface area contributed by atoms with Crippen LogP contribution >= 0.6 is 0 Å². The molecule has 3 aromatic rings. The third-order valence-electron chi connectivity index (χ3n) is 5.39. The Morgan fingerprint density at radius 3 is 2.11 bits per heavy atom. The summed E-state index contributed by atoms with van der Waals surface area (Å²) in [5.41, 5.74) is 3.22. The molecule has 0 fully saturated rings. The number of nitrogens with zero attached hydrogens (tertiary/aromatic N) is 1. The van der Waals surface area contributed by atoms with Crippen molar-refractivity contribution in [2.45, 2.75) is 26.1 Å². The van der Waals surface area contributed by atoms with Gasteiger partial charge in [-0.25, -0.2) is 0 Å². The van der Waals surface area contributed by atoms with Crippen LogP contribution in [0.1, 0.15) is 35.3 Å². The first-order chi connectivity index (χ1) is 13.1. The molecule has 1 atom stereocenters. The van der Waals surface area contributed by atoms with Crippen LogP contribution in [0.4, 0.5) is 5.69 Å². The van der Waals surface area contributed by atoms with Gasteiger partial charge in [0.1, 0.15) is 5.66 Å². The second-order valence-corrected chi connectivity index (χ2v) is 7.33. The van der Waals surface area contributed by atoms with E-state index in [9.17, 15) is 4.79 Å². The SMILES string of the molecule is CC(C)C1(c2ccccc2)Nc2ccccc2C(=O)N1Cc1ccccc1. The van der Waals surface area contributed by atoms with Gasteiger partial charge in [-0.15, -0.1) is 0 Å². The second-order valence-electron chi connectivity index (χ2n) is 7.33. The number of rotatable bonds is 4. The van der Waals surface area contributed by atoms with E-state index in [0.29, 0.717) is 6.54 Å². The first kappa shape index (κ1) is 17.3. The number of nitrogens with one attached hydrogen (secondary N) is 1. The van der Waals surface area contributed by atoms with Crippen LogP contribution in [0.3, 0.4) is 0 Å². The van der Waals surface area contributed by atoms with Gasteiger partial charge in [-0.05, 0) is 29.2 Å². The number of hydrogen-bond acceptors (Lipinski definition) is 2. The summed E-state index contributed by atoms with van der Waals surface area (Å²) in [7, 11) is 0. The van der Waals surface area contributed by atoms with Crippen molar-refractivity contribution in [3.63, 3.8) is 0 Å². The normalized spacial score (nSPS) is 18.9. The molecule has 1 aliphatic rings. The summed E-state index contributed by atoms with van der Waals surface area (Å²) in [4.78, 5) is 15.6. The monoisotopic (exact) mass is 356 g/mol. The molecule has 1 N–H and O–H groups in total. The quantitative estimate of drug-likeness (QED) is 0.691. The molecule has 1 heterocycles. The number of hydrogen-bond donors (Lipinski definition) is 1. The van der Waals surface area contributed by atoms with Gasteiger partial charge < -0.3 is 10.2 Å². The van der Waals surface area contributed by atoms with E-state index in [1.807, 2.05) is 65.6 Å². The van der Waals surface area contributed by atoms with Crippen LogP contribution < -0.4 is 5.32 Å². The molecular formula is C24H24N2O. The fourth-order valence-electron chi connectivity index (χ4n) is 4.03.